The number of hydrogen-bond acceptors (Lipinski definition) is 3. The molecule has 5 nitrogen and oxygen atoms in total. The van der Waals surface area contributed by atoms with E-state index in [1.165, 1.54) is 24.3 Å². The van der Waals surface area contributed by atoms with Crippen molar-refractivity contribution >= 4 is 17.5 Å². The van der Waals surface area contributed by atoms with E-state index in [1.807, 2.05) is 0 Å². The molecular weight excluding hydrogens is 311 g/mol. The molecule has 0 fully saturated rings. The van der Waals surface area contributed by atoms with Crippen LogP contribution in [0.5, 0.6) is 5.75 Å². The Balaban J connectivity index is 2.01. The summed E-state index contributed by atoms with van der Waals surface area (Å²) in [5.41, 5.74) is 5.32. The van der Waals surface area contributed by atoms with Gasteiger partial charge in [-0.15, -0.1) is 0 Å². The largest absolute Gasteiger partial charge is 0.478 e. The number of rotatable bonds is 6. The summed E-state index contributed by atoms with van der Waals surface area (Å²) in [5, 5.41) is 2.74. The fraction of sp³-hybridized carbons (Fsp3) is 0.222. The summed E-state index contributed by atoms with van der Waals surface area (Å²) >= 11 is 0. The normalized spacial score (nSPS) is 11.0. The standard InChI is InChI=1S/C18H19FN2O3/c1-18(2,24-15-9-5-13(19)6-10-15)17(23)21-14-7-3-12(4-8-14)11-16(20)22/h3-10H,11H2,1-2H3,(H2,20,22)(H,21,23). The van der Waals surface area contributed by atoms with Crippen molar-refractivity contribution in [2.45, 2.75) is 25.9 Å². The molecule has 0 aromatic heterocycles. The number of anilines is 1. The Morgan fingerprint density at radius 3 is 2.21 bits per heavy atom. The number of hydrogen-bond donors (Lipinski definition) is 2. The average Bonchev–Trinajstić information content (AvgIpc) is 2.51. The minimum atomic E-state index is -1.15. The van der Waals surface area contributed by atoms with Crippen LogP contribution in [0.25, 0.3) is 0 Å². The van der Waals surface area contributed by atoms with Crippen molar-refractivity contribution in [2.75, 3.05) is 5.32 Å². The third-order valence-corrected chi connectivity index (χ3v) is 3.32. The number of primary amides is 1. The van der Waals surface area contributed by atoms with Gasteiger partial charge in [0.05, 0.1) is 6.42 Å². The maximum Gasteiger partial charge on any atom is 0.267 e. The Bertz CT molecular complexity index is 725. The number of carbonyl (C=O) groups is 2. The van der Waals surface area contributed by atoms with Crippen LogP contribution in [0, 0.1) is 5.82 Å². The van der Waals surface area contributed by atoms with Gasteiger partial charge in [-0.3, -0.25) is 9.59 Å². The zero-order chi connectivity index (χ0) is 17.7. The molecule has 2 aromatic rings. The van der Waals surface area contributed by atoms with Crippen molar-refractivity contribution in [1.82, 2.24) is 0 Å². The van der Waals surface area contributed by atoms with E-state index in [-0.39, 0.29) is 18.1 Å². The highest BCUT2D eigenvalue weighted by Crippen LogP contribution is 2.20. The molecule has 0 heterocycles. The van der Waals surface area contributed by atoms with E-state index in [4.69, 9.17) is 10.5 Å². The second kappa shape index (κ2) is 7.12. The molecule has 2 rings (SSSR count). The fourth-order valence-electron chi connectivity index (χ4n) is 2.03. The van der Waals surface area contributed by atoms with Gasteiger partial charge in [0, 0.05) is 5.69 Å². The summed E-state index contributed by atoms with van der Waals surface area (Å²) in [5.74, 6) is -0.746. The van der Waals surface area contributed by atoms with Crippen LogP contribution in [0.1, 0.15) is 19.4 Å². The van der Waals surface area contributed by atoms with Gasteiger partial charge >= 0.3 is 0 Å². The summed E-state index contributed by atoms with van der Waals surface area (Å²) in [6.45, 7) is 3.24. The van der Waals surface area contributed by atoms with Gasteiger partial charge in [0.2, 0.25) is 5.91 Å². The summed E-state index contributed by atoms with van der Waals surface area (Å²) in [6.07, 6.45) is 0.146. The monoisotopic (exact) mass is 330 g/mol. The van der Waals surface area contributed by atoms with Crippen molar-refractivity contribution in [3.05, 3.63) is 59.9 Å². The molecule has 126 valence electrons. The zero-order valence-electron chi connectivity index (χ0n) is 13.5. The van der Waals surface area contributed by atoms with E-state index in [9.17, 15) is 14.0 Å². The van der Waals surface area contributed by atoms with Crippen LogP contribution < -0.4 is 15.8 Å². The number of amides is 2. The molecule has 0 aliphatic rings. The third-order valence-electron chi connectivity index (χ3n) is 3.32. The maximum absolute atomic E-state index is 12.9. The van der Waals surface area contributed by atoms with Gasteiger partial charge in [0.25, 0.3) is 5.91 Å². The topological polar surface area (TPSA) is 81.4 Å². The van der Waals surface area contributed by atoms with E-state index in [0.717, 1.165) is 5.56 Å². The molecule has 0 bridgehead atoms. The molecule has 24 heavy (non-hydrogen) atoms. The van der Waals surface area contributed by atoms with Gasteiger partial charge in [-0.2, -0.15) is 0 Å². The van der Waals surface area contributed by atoms with Gasteiger partial charge in [-0.1, -0.05) is 12.1 Å². The molecule has 0 saturated carbocycles. The Morgan fingerprint density at radius 2 is 1.67 bits per heavy atom. The molecule has 2 amide bonds. The second-order valence-electron chi connectivity index (χ2n) is 5.86. The minimum Gasteiger partial charge on any atom is -0.478 e. The molecule has 0 spiro atoms. The smallest absolute Gasteiger partial charge is 0.267 e. The van der Waals surface area contributed by atoms with E-state index in [0.29, 0.717) is 11.4 Å². The molecular formula is C18H19FN2O3. The molecule has 0 radical (unpaired) electrons. The van der Waals surface area contributed by atoms with Crippen molar-refractivity contribution in [2.24, 2.45) is 5.73 Å². The van der Waals surface area contributed by atoms with Gasteiger partial charge < -0.3 is 15.8 Å². The molecule has 0 unspecified atom stereocenters. The minimum absolute atomic E-state index is 0.146. The summed E-state index contributed by atoms with van der Waals surface area (Å²) in [4.78, 5) is 23.3. The van der Waals surface area contributed by atoms with E-state index >= 15 is 0 Å². The van der Waals surface area contributed by atoms with E-state index in [2.05, 4.69) is 5.32 Å². The Labute approximate surface area is 139 Å². The lowest BCUT2D eigenvalue weighted by Gasteiger charge is -2.25. The first-order valence-corrected chi connectivity index (χ1v) is 7.39. The lowest BCUT2D eigenvalue weighted by Crippen LogP contribution is -2.42. The number of halogens is 1. The highest BCUT2D eigenvalue weighted by Gasteiger charge is 2.30. The van der Waals surface area contributed by atoms with Gasteiger partial charge in [-0.25, -0.2) is 4.39 Å². The highest BCUT2D eigenvalue weighted by atomic mass is 19.1. The molecule has 0 saturated heterocycles. The number of ether oxygens (including phenoxy) is 1. The fourth-order valence-corrected chi connectivity index (χ4v) is 2.03. The molecule has 3 N–H and O–H groups in total. The third kappa shape index (κ3) is 4.81. The summed E-state index contributed by atoms with van der Waals surface area (Å²) in [7, 11) is 0. The van der Waals surface area contributed by atoms with E-state index < -0.39 is 11.5 Å². The number of nitrogens with one attached hydrogen (secondary N) is 1. The van der Waals surface area contributed by atoms with Crippen LogP contribution in [-0.2, 0) is 16.0 Å². The highest BCUT2D eigenvalue weighted by molar-refractivity contribution is 5.97. The molecule has 0 aliphatic carbocycles. The van der Waals surface area contributed by atoms with Gasteiger partial charge in [-0.05, 0) is 55.8 Å². The predicted octanol–water partition coefficient (Wildman–Crippen LogP) is 2.65. The van der Waals surface area contributed by atoms with Crippen molar-refractivity contribution in [1.29, 1.82) is 0 Å². The molecule has 6 heteroatoms. The maximum atomic E-state index is 12.9. The molecule has 0 aliphatic heterocycles. The van der Waals surface area contributed by atoms with Gasteiger partial charge in [0.15, 0.2) is 5.60 Å². The first kappa shape index (κ1) is 17.5. The van der Waals surface area contributed by atoms with Crippen LogP contribution in [0.4, 0.5) is 10.1 Å². The van der Waals surface area contributed by atoms with Crippen LogP contribution in [0.2, 0.25) is 0 Å². The van der Waals surface area contributed by atoms with Crippen LogP contribution in [0.3, 0.4) is 0 Å². The summed E-state index contributed by atoms with van der Waals surface area (Å²) in [6, 6.07) is 12.3. The lowest BCUT2D eigenvalue weighted by molar-refractivity contribution is -0.128. The Hall–Kier alpha value is -2.89. The Morgan fingerprint density at radius 1 is 1.08 bits per heavy atom. The SMILES string of the molecule is CC(C)(Oc1ccc(F)cc1)C(=O)Nc1ccc(CC(N)=O)cc1. The number of nitrogens with two attached hydrogens (primary N) is 1. The first-order chi connectivity index (χ1) is 11.3. The van der Waals surface area contributed by atoms with Crippen molar-refractivity contribution in [3.8, 4) is 5.75 Å². The van der Waals surface area contributed by atoms with Crippen LogP contribution >= 0.6 is 0 Å². The molecule has 2 aromatic carbocycles. The quantitative estimate of drug-likeness (QED) is 0.854. The molecule has 0 atom stereocenters. The number of benzene rings is 2. The zero-order valence-corrected chi connectivity index (χ0v) is 13.5. The number of carbonyl (C=O) groups excluding carboxylic acids is 2. The average molecular weight is 330 g/mol. The van der Waals surface area contributed by atoms with Crippen molar-refractivity contribution < 1.29 is 18.7 Å². The predicted molar refractivity (Wildman–Crippen MR) is 89.1 cm³/mol. The van der Waals surface area contributed by atoms with Crippen molar-refractivity contribution in [3.63, 3.8) is 0 Å². The van der Waals surface area contributed by atoms with Crippen LogP contribution in [-0.4, -0.2) is 17.4 Å². The summed E-state index contributed by atoms with van der Waals surface area (Å²) < 4.78 is 18.5. The second-order valence-corrected chi connectivity index (χ2v) is 5.86. The first-order valence-electron chi connectivity index (χ1n) is 7.39. The Kier molecular flexibility index (Phi) is 5.18. The van der Waals surface area contributed by atoms with E-state index in [1.54, 1.807) is 38.1 Å². The van der Waals surface area contributed by atoms with Crippen LogP contribution in [0.15, 0.2) is 48.5 Å². The van der Waals surface area contributed by atoms with Gasteiger partial charge in [0.1, 0.15) is 11.6 Å². The lowest BCUT2D eigenvalue weighted by atomic mass is 10.1.